The number of hydrogen-bond donors (Lipinski definition) is 6. The van der Waals surface area contributed by atoms with E-state index in [0.29, 0.717) is 46.7 Å². The van der Waals surface area contributed by atoms with E-state index in [1.54, 1.807) is 107 Å². The zero-order chi connectivity index (χ0) is 49.7. The standard InChI is InChI=1S/C47H63N9O12/c1-8-33(6)55-67-45(61)52-27-39-18-12-15-36(21-39)24-49-42(58)64-30-47(10-3,29-63-41(57)48-23-35-14-11-17-38(20-35)26-51-44(60)66-54-32(4)5)31-65-43(59)50-25-37-16-13-19-40(22-37)28-53-46(62)68-56-34(7)9-2/h11-22H,8-10,23-31H2,1-7H3,(H,48,57)(H,49,58)(H,50,59)(H,51,60)(H,52,61)(H,53,62)/b55-33+,56-34+. The van der Waals surface area contributed by atoms with Crippen LogP contribution in [0.4, 0.5) is 28.8 Å². The number of oxime groups is 3. The van der Waals surface area contributed by atoms with E-state index in [0.717, 1.165) is 16.7 Å². The van der Waals surface area contributed by atoms with Gasteiger partial charge in [-0.25, -0.2) is 28.8 Å². The topological polar surface area (TPSA) is 267 Å². The Balaban J connectivity index is 1.61. The van der Waals surface area contributed by atoms with Crippen molar-refractivity contribution in [2.75, 3.05) is 19.8 Å². The summed E-state index contributed by atoms with van der Waals surface area (Å²) in [5, 5.41) is 27.0. The molecule has 21 heteroatoms. The van der Waals surface area contributed by atoms with Gasteiger partial charge in [-0.05, 0) is 80.3 Å². The molecule has 0 aliphatic rings. The molecule has 0 spiro atoms. The Morgan fingerprint density at radius 1 is 0.426 bits per heavy atom. The maximum atomic E-state index is 13.0. The Morgan fingerprint density at radius 3 is 0.941 bits per heavy atom. The molecule has 0 radical (unpaired) electrons. The summed E-state index contributed by atoms with van der Waals surface area (Å²) in [5.74, 6) is 0. The SMILES string of the molecule is CC/C(C)=N/OC(=O)NCc1cccc(CNC(=O)OCC(CC)(COC(=O)NCc2cccc(CNC(=O)ON=C(C)C)c2)COC(=O)NCc2cccc(CNC(=O)O/N=C(\C)CC)c2)c1. The second-order valence-electron chi connectivity index (χ2n) is 15.7. The van der Waals surface area contributed by atoms with Crippen LogP contribution < -0.4 is 31.9 Å². The van der Waals surface area contributed by atoms with Crippen LogP contribution in [0.5, 0.6) is 0 Å². The maximum Gasteiger partial charge on any atom is 0.433 e. The molecular formula is C47H63N9O12. The van der Waals surface area contributed by atoms with Crippen LogP contribution in [0.25, 0.3) is 0 Å². The zero-order valence-corrected chi connectivity index (χ0v) is 39.7. The van der Waals surface area contributed by atoms with Crippen LogP contribution in [0.15, 0.2) is 88.3 Å². The van der Waals surface area contributed by atoms with E-state index >= 15 is 0 Å². The minimum absolute atomic E-state index is 0.0799. The summed E-state index contributed by atoms with van der Waals surface area (Å²) in [6, 6.07) is 21.4. The lowest BCUT2D eigenvalue weighted by atomic mass is 9.88. The summed E-state index contributed by atoms with van der Waals surface area (Å²) >= 11 is 0. The fourth-order valence-corrected chi connectivity index (χ4v) is 5.43. The van der Waals surface area contributed by atoms with Gasteiger partial charge in [-0.15, -0.1) is 0 Å². The molecule has 3 aromatic carbocycles. The minimum Gasteiger partial charge on any atom is -0.449 e. The normalized spacial score (nSPS) is 11.9. The number of carbonyl (C=O) groups is 6. The van der Waals surface area contributed by atoms with Crippen LogP contribution in [0.1, 0.15) is 101 Å². The van der Waals surface area contributed by atoms with Gasteiger partial charge in [0, 0.05) is 39.3 Å². The third-order valence-corrected chi connectivity index (χ3v) is 9.78. The Morgan fingerprint density at radius 2 is 0.691 bits per heavy atom. The molecule has 21 nitrogen and oxygen atoms in total. The highest BCUT2D eigenvalue weighted by Gasteiger charge is 2.34. The minimum atomic E-state index is -1.17. The molecule has 0 unspecified atom stereocenters. The molecule has 68 heavy (non-hydrogen) atoms. The zero-order valence-electron chi connectivity index (χ0n) is 39.7. The highest BCUT2D eigenvalue weighted by molar-refractivity contribution is 5.82. The summed E-state index contributed by atoms with van der Waals surface area (Å²) in [6.07, 6.45) is -2.93. The highest BCUT2D eigenvalue weighted by Crippen LogP contribution is 2.25. The van der Waals surface area contributed by atoms with E-state index in [9.17, 15) is 28.8 Å². The molecule has 3 rings (SSSR count). The van der Waals surface area contributed by atoms with Gasteiger partial charge < -0.3 is 46.1 Å². The van der Waals surface area contributed by atoms with E-state index in [1.165, 1.54) is 0 Å². The van der Waals surface area contributed by atoms with Gasteiger partial charge in [-0.2, -0.15) is 0 Å². The van der Waals surface area contributed by atoms with Gasteiger partial charge in [-0.3, -0.25) is 14.5 Å². The molecule has 0 aliphatic heterocycles. The monoisotopic (exact) mass is 945 g/mol. The molecule has 0 aromatic heterocycles. The van der Waals surface area contributed by atoms with E-state index in [1.807, 2.05) is 13.8 Å². The second kappa shape index (κ2) is 29.7. The van der Waals surface area contributed by atoms with Crippen LogP contribution in [0, 0.1) is 5.41 Å². The maximum absolute atomic E-state index is 13.0. The molecule has 0 heterocycles. The van der Waals surface area contributed by atoms with E-state index in [2.05, 4.69) is 47.4 Å². The van der Waals surface area contributed by atoms with Crippen LogP contribution in [-0.2, 0) is 68.0 Å². The number of carbonyl (C=O) groups excluding carboxylic acids is 6. The average molecular weight is 946 g/mol. The van der Waals surface area contributed by atoms with Crippen molar-refractivity contribution in [2.24, 2.45) is 20.9 Å². The van der Waals surface area contributed by atoms with Crippen molar-refractivity contribution in [1.82, 2.24) is 31.9 Å². The van der Waals surface area contributed by atoms with Crippen molar-refractivity contribution in [3.05, 3.63) is 106 Å². The fourth-order valence-electron chi connectivity index (χ4n) is 5.43. The number of ether oxygens (including phenoxy) is 3. The lowest BCUT2D eigenvalue weighted by Gasteiger charge is -2.31. The molecule has 0 fully saturated rings. The summed E-state index contributed by atoms with van der Waals surface area (Å²) in [4.78, 5) is 89.5. The number of amides is 6. The predicted octanol–water partition coefficient (Wildman–Crippen LogP) is 7.81. The fraction of sp³-hybridized carbons (Fsp3) is 0.426. The molecule has 0 saturated heterocycles. The Labute approximate surface area is 396 Å². The van der Waals surface area contributed by atoms with Crippen molar-refractivity contribution >= 4 is 53.7 Å². The molecule has 0 saturated carbocycles. The lowest BCUT2D eigenvalue weighted by molar-refractivity contribution is -0.0177. The Bertz CT molecular complexity index is 2140. The summed E-state index contributed by atoms with van der Waals surface area (Å²) in [7, 11) is 0. The largest absolute Gasteiger partial charge is 0.449 e. The number of hydrogen-bond acceptors (Lipinski definition) is 15. The Kier molecular flexibility index (Phi) is 23.9. The van der Waals surface area contributed by atoms with Crippen LogP contribution in [0.2, 0.25) is 0 Å². The van der Waals surface area contributed by atoms with E-state index < -0.39 is 42.0 Å². The third-order valence-electron chi connectivity index (χ3n) is 9.78. The molecule has 0 atom stereocenters. The second-order valence-corrected chi connectivity index (χ2v) is 15.7. The van der Waals surface area contributed by atoms with Gasteiger partial charge in [0.2, 0.25) is 0 Å². The van der Waals surface area contributed by atoms with Gasteiger partial charge in [0.25, 0.3) is 0 Å². The van der Waals surface area contributed by atoms with Gasteiger partial charge in [0.05, 0.1) is 22.6 Å². The summed E-state index contributed by atoms with van der Waals surface area (Å²) in [5.41, 5.74) is 5.13. The first-order valence-corrected chi connectivity index (χ1v) is 22.0. The molecule has 368 valence electrons. The molecular weight excluding hydrogens is 883 g/mol. The van der Waals surface area contributed by atoms with E-state index in [4.69, 9.17) is 28.7 Å². The van der Waals surface area contributed by atoms with Crippen molar-refractivity contribution in [3.63, 3.8) is 0 Å². The van der Waals surface area contributed by atoms with Crippen LogP contribution >= 0.6 is 0 Å². The summed E-state index contributed by atoms with van der Waals surface area (Å²) in [6.45, 7) is 12.2. The van der Waals surface area contributed by atoms with Crippen molar-refractivity contribution in [2.45, 2.75) is 107 Å². The number of benzene rings is 3. The summed E-state index contributed by atoms with van der Waals surface area (Å²) < 4.78 is 16.9. The number of nitrogens with zero attached hydrogens (tertiary/aromatic N) is 3. The smallest absolute Gasteiger partial charge is 0.433 e. The van der Waals surface area contributed by atoms with Crippen molar-refractivity contribution in [1.29, 1.82) is 0 Å². The molecule has 0 bridgehead atoms. The molecule has 6 N–H and O–H groups in total. The first-order valence-electron chi connectivity index (χ1n) is 22.0. The molecule has 0 aliphatic carbocycles. The van der Waals surface area contributed by atoms with Gasteiger partial charge in [0.1, 0.15) is 19.8 Å². The number of nitrogens with one attached hydrogen (secondary N) is 6. The lowest BCUT2D eigenvalue weighted by Crippen LogP contribution is -2.42. The predicted molar refractivity (Wildman–Crippen MR) is 252 cm³/mol. The first kappa shape index (κ1) is 54.6. The Hall–Kier alpha value is -7.71. The van der Waals surface area contributed by atoms with Crippen molar-refractivity contribution < 1.29 is 57.5 Å². The van der Waals surface area contributed by atoms with Crippen molar-refractivity contribution in [3.8, 4) is 0 Å². The van der Waals surface area contributed by atoms with Gasteiger partial charge >= 0.3 is 36.6 Å². The van der Waals surface area contributed by atoms with Crippen LogP contribution in [-0.4, -0.2) is 73.5 Å². The van der Waals surface area contributed by atoms with Gasteiger partial charge in [0.15, 0.2) is 0 Å². The average Bonchev–Trinajstić information content (AvgIpc) is 3.35. The molecule has 6 amide bonds. The first-order chi connectivity index (χ1) is 32.6. The molecule has 3 aromatic rings. The quantitative estimate of drug-likeness (QED) is 0.0217. The third kappa shape index (κ3) is 22.5. The van der Waals surface area contributed by atoms with E-state index in [-0.39, 0.29) is 65.5 Å². The van der Waals surface area contributed by atoms with Crippen LogP contribution in [0.3, 0.4) is 0 Å². The number of rotatable bonds is 24. The number of alkyl carbamates (subject to hydrolysis) is 3. The van der Waals surface area contributed by atoms with Gasteiger partial charge in [-0.1, -0.05) is 109 Å². The highest BCUT2D eigenvalue weighted by atomic mass is 16.7.